The summed E-state index contributed by atoms with van der Waals surface area (Å²) >= 11 is 0. The molecule has 0 saturated heterocycles. The van der Waals surface area contributed by atoms with Crippen LogP contribution in [0, 0.1) is 5.41 Å². The number of aliphatic hydroxyl groups excluding tert-OH is 1. The first-order valence-electron chi connectivity index (χ1n) is 8.04. The van der Waals surface area contributed by atoms with Crippen LogP contribution < -0.4 is 10.6 Å². The summed E-state index contributed by atoms with van der Waals surface area (Å²) in [5, 5.41) is 25.2. The molecule has 134 valence electrons. The number of hydrogen-bond donors (Lipinski definition) is 4. The third-order valence-corrected chi connectivity index (χ3v) is 3.94. The minimum atomic E-state index is -1.78. The highest BCUT2D eigenvalue weighted by Crippen LogP contribution is 2.23. The van der Waals surface area contributed by atoms with E-state index in [2.05, 4.69) is 10.6 Å². The third kappa shape index (κ3) is 5.32. The minimum Gasteiger partial charge on any atom is -0.396 e. The number of aliphatic hydroxyl groups is 2. The number of nitrogens with one attached hydrogen (secondary N) is 2. The number of carbonyl (C=O) groups excluding carboxylic acids is 2. The van der Waals surface area contributed by atoms with Gasteiger partial charge in [0.1, 0.15) is 11.6 Å². The first-order valence-corrected chi connectivity index (χ1v) is 8.04. The molecule has 0 fully saturated rings. The van der Waals surface area contributed by atoms with Gasteiger partial charge in [-0.05, 0) is 11.0 Å². The number of amides is 2. The van der Waals surface area contributed by atoms with Crippen molar-refractivity contribution in [2.75, 3.05) is 13.7 Å². The standard InChI is InChI=1S/C18H28N2O4/c1-17(2,3)14(15(22)19-4)20-16(23)18(24,10-11-21)12-13-8-6-5-7-9-13/h5-9,14,21,24H,10-12H2,1-4H3,(H,19,22)(H,20,23)/t14?,18-/m1/s1. The van der Waals surface area contributed by atoms with Gasteiger partial charge in [0.2, 0.25) is 5.91 Å². The Hall–Kier alpha value is -1.92. The van der Waals surface area contributed by atoms with Crippen molar-refractivity contribution in [3.63, 3.8) is 0 Å². The van der Waals surface area contributed by atoms with Crippen molar-refractivity contribution >= 4 is 11.8 Å². The smallest absolute Gasteiger partial charge is 0.253 e. The Bertz CT molecular complexity index is 554. The lowest BCUT2D eigenvalue weighted by Crippen LogP contribution is -2.59. The maximum atomic E-state index is 12.7. The molecule has 1 aromatic carbocycles. The molecule has 6 heteroatoms. The van der Waals surface area contributed by atoms with E-state index in [-0.39, 0.29) is 25.4 Å². The minimum absolute atomic E-state index is 0.0604. The van der Waals surface area contributed by atoms with Gasteiger partial charge in [-0.25, -0.2) is 0 Å². The van der Waals surface area contributed by atoms with Crippen LogP contribution in [-0.4, -0.2) is 47.3 Å². The van der Waals surface area contributed by atoms with E-state index >= 15 is 0 Å². The van der Waals surface area contributed by atoms with Crippen molar-refractivity contribution in [2.45, 2.75) is 45.3 Å². The van der Waals surface area contributed by atoms with Crippen LogP contribution in [0.25, 0.3) is 0 Å². The molecule has 2 atom stereocenters. The zero-order chi connectivity index (χ0) is 18.4. The zero-order valence-electron chi connectivity index (χ0n) is 14.8. The Morgan fingerprint density at radius 2 is 1.75 bits per heavy atom. The fraction of sp³-hybridized carbons (Fsp3) is 0.556. The van der Waals surface area contributed by atoms with Crippen LogP contribution in [0.2, 0.25) is 0 Å². The van der Waals surface area contributed by atoms with E-state index in [9.17, 15) is 19.8 Å². The van der Waals surface area contributed by atoms with Crippen molar-refractivity contribution in [3.8, 4) is 0 Å². The molecule has 2 amide bonds. The van der Waals surface area contributed by atoms with Crippen LogP contribution in [-0.2, 0) is 16.0 Å². The van der Waals surface area contributed by atoms with E-state index in [1.54, 1.807) is 12.1 Å². The second-order valence-corrected chi connectivity index (χ2v) is 7.05. The Balaban J connectivity index is 3.01. The average molecular weight is 336 g/mol. The second kappa shape index (κ2) is 8.26. The molecule has 24 heavy (non-hydrogen) atoms. The summed E-state index contributed by atoms with van der Waals surface area (Å²) < 4.78 is 0. The van der Waals surface area contributed by atoms with Crippen molar-refractivity contribution in [3.05, 3.63) is 35.9 Å². The molecule has 1 aromatic rings. The van der Waals surface area contributed by atoms with Crippen LogP contribution in [0.1, 0.15) is 32.8 Å². The predicted molar refractivity (Wildman–Crippen MR) is 92.3 cm³/mol. The average Bonchev–Trinajstić information content (AvgIpc) is 2.51. The predicted octanol–water partition coefficient (Wildman–Crippen LogP) is 0.620. The van der Waals surface area contributed by atoms with Crippen molar-refractivity contribution in [1.82, 2.24) is 10.6 Å². The highest BCUT2D eigenvalue weighted by molar-refractivity contribution is 5.91. The van der Waals surface area contributed by atoms with E-state index in [0.29, 0.717) is 0 Å². The van der Waals surface area contributed by atoms with Crippen LogP contribution >= 0.6 is 0 Å². The van der Waals surface area contributed by atoms with Crippen LogP contribution in [0.5, 0.6) is 0 Å². The summed E-state index contributed by atoms with van der Waals surface area (Å²) in [5.74, 6) is -0.995. The van der Waals surface area contributed by atoms with Crippen LogP contribution in [0.3, 0.4) is 0 Å². The molecule has 1 rings (SSSR count). The molecule has 6 nitrogen and oxygen atoms in total. The number of likely N-dealkylation sites (N-methyl/N-ethyl adjacent to an activating group) is 1. The van der Waals surface area contributed by atoms with Gasteiger partial charge in [-0.15, -0.1) is 0 Å². The lowest BCUT2D eigenvalue weighted by Gasteiger charge is -2.34. The zero-order valence-corrected chi connectivity index (χ0v) is 14.8. The van der Waals surface area contributed by atoms with Crippen molar-refractivity contribution in [2.24, 2.45) is 5.41 Å². The molecular formula is C18H28N2O4. The Morgan fingerprint density at radius 1 is 1.17 bits per heavy atom. The monoisotopic (exact) mass is 336 g/mol. The summed E-state index contributed by atoms with van der Waals surface area (Å²) in [5.41, 5.74) is -1.54. The van der Waals surface area contributed by atoms with Gasteiger partial charge in [-0.2, -0.15) is 0 Å². The third-order valence-electron chi connectivity index (χ3n) is 3.94. The SMILES string of the molecule is CNC(=O)C(NC(=O)[C@@](O)(CCO)Cc1ccccc1)C(C)(C)C. The van der Waals surface area contributed by atoms with E-state index < -0.39 is 23.0 Å². The first-order chi connectivity index (χ1) is 11.1. The molecule has 0 heterocycles. The molecule has 0 aliphatic carbocycles. The maximum absolute atomic E-state index is 12.7. The summed E-state index contributed by atoms with van der Waals surface area (Å²) in [7, 11) is 1.50. The number of hydrogen-bond acceptors (Lipinski definition) is 4. The van der Waals surface area contributed by atoms with E-state index in [1.807, 2.05) is 39.0 Å². The van der Waals surface area contributed by atoms with E-state index in [4.69, 9.17) is 0 Å². The molecule has 0 aliphatic heterocycles. The molecule has 4 N–H and O–H groups in total. The molecule has 0 spiro atoms. The number of carbonyl (C=O) groups is 2. The lowest BCUT2D eigenvalue weighted by molar-refractivity contribution is -0.145. The van der Waals surface area contributed by atoms with Gasteiger partial charge in [0.25, 0.3) is 5.91 Å². The topological polar surface area (TPSA) is 98.7 Å². The van der Waals surface area contributed by atoms with Crippen molar-refractivity contribution < 1.29 is 19.8 Å². The van der Waals surface area contributed by atoms with Gasteiger partial charge in [0.05, 0.1) is 0 Å². The fourth-order valence-electron chi connectivity index (χ4n) is 2.49. The fourth-order valence-corrected chi connectivity index (χ4v) is 2.49. The Labute approximate surface area is 143 Å². The molecule has 0 aromatic heterocycles. The van der Waals surface area contributed by atoms with E-state index in [1.165, 1.54) is 7.05 Å². The molecular weight excluding hydrogens is 308 g/mol. The highest BCUT2D eigenvalue weighted by atomic mass is 16.3. The van der Waals surface area contributed by atoms with Gasteiger partial charge < -0.3 is 20.8 Å². The maximum Gasteiger partial charge on any atom is 0.253 e. The lowest BCUT2D eigenvalue weighted by atomic mass is 9.84. The van der Waals surface area contributed by atoms with Gasteiger partial charge in [-0.1, -0.05) is 51.1 Å². The highest BCUT2D eigenvalue weighted by Gasteiger charge is 2.40. The molecule has 1 unspecified atom stereocenters. The summed E-state index contributed by atoms with van der Waals surface area (Å²) in [6, 6.07) is 8.28. The number of benzene rings is 1. The van der Waals surface area contributed by atoms with Crippen LogP contribution in [0.15, 0.2) is 30.3 Å². The van der Waals surface area contributed by atoms with Gasteiger partial charge in [0, 0.05) is 26.5 Å². The van der Waals surface area contributed by atoms with Gasteiger partial charge in [-0.3, -0.25) is 9.59 Å². The van der Waals surface area contributed by atoms with Crippen molar-refractivity contribution in [1.29, 1.82) is 0 Å². The van der Waals surface area contributed by atoms with Gasteiger partial charge in [0.15, 0.2) is 0 Å². The summed E-state index contributed by atoms with van der Waals surface area (Å²) in [6.07, 6.45) is -0.0524. The quantitative estimate of drug-likeness (QED) is 0.587. The van der Waals surface area contributed by atoms with Crippen LogP contribution in [0.4, 0.5) is 0 Å². The first kappa shape index (κ1) is 20.1. The second-order valence-electron chi connectivity index (χ2n) is 7.05. The molecule has 0 radical (unpaired) electrons. The summed E-state index contributed by atoms with van der Waals surface area (Å²) in [4.78, 5) is 24.8. The molecule has 0 bridgehead atoms. The Morgan fingerprint density at radius 3 is 2.21 bits per heavy atom. The Kier molecular flexibility index (Phi) is 6.93. The summed E-state index contributed by atoms with van der Waals surface area (Å²) in [6.45, 7) is 5.15. The van der Waals surface area contributed by atoms with E-state index in [0.717, 1.165) is 5.56 Å². The number of rotatable bonds is 7. The largest absolute Gasteiger partial charge is 0.396 e. The van der Waals surface area contributed by atoms with Gasteiger partial charge >= 0.3 is 0 Å². The molecule has 0 saturated carbocycles. The normalized spacial score (nSPS) is 15.2. The molecule has 0 aliphatic rings.